The van der Waals surface area contributed by atoms with Crippen LogP contribution in [0.2, 0.25) is 0 Å². The first-order chi connectivity index (χ1) is 10.8. The van der Waals surface area contributed by atoms with Crippen LogP contribution in [0.3, 0.4) is 0 Å². The molecule has 5 nitrogen and oxygen atoms in total. The van der Waals surface area contributed by atoms with Gasteiger partial charge in [0.05, 0.1) is 13.2 Å². The van der Waals surface area contributed by atoms with Crippen LogP contribution in [-0.2, 0) is 9.53 Å². The number of hydrogen-bond acceptors (Lipinski definition) is 4. The molecule has 24 heavy (non-hydrogen) atoms. The van der Waals surface area contributed by atoms with Crippen LogP contribution in [0.1, 0.15) is 38.5 Å². The van der Waals surface area contributed by atoms with Crippen LogP contribution >= 0.6 is 24.8 Å². The second-order valence-electron chi connectivity index (χ2n) is 7.07. The van der Waals surface area contributed by atoms with E-state index in [2.05, 4.69) is 15.1 Å². The van der Waals surface area contributed by atoms with Crippen LogP contribution in [0.15, 0.2) is 0 Å². The zero-order valence-corrected chi connectivity index (χ0v) is 16.2. The second-order valence-corrected chi connectivity index (χ2v) is 7.07. The fourth-order valence-electron chi connectivity index (χ4n) is 3.97. The number of carbonyl (C=O) groups is 1. The van der Waals surface area contributed by atoms with E-state index in [9.17, 15) is 4.79 Å². The average molecular weight is 382 g/mol. The number of ether oxygens (including phenoxy) is 1. The van der Waals surface area contributed by atoms with E-state index in [1.807, 2.05) is 0 Å². The Morgan fingerprint density at radius 2 is 1.75 bits per heavy atom. The third-order valence-corrected chi connectivity index (χ3v) is 5.46. The van der Waals surface area contributed by atoms with E-state index in [4.69, 9.17) is 4.74 Å². The highest BCUT2D eigenvalue weighted by molar-refractivity contribution is 5.85. The Hall–Kier alpha value is -0.0700. The van der Waals surface area contributed by atoms with Gasteiger partial charge in [-0.05, 0) is 44.6 Å². The van der Waals surface area contributed by atoms with Gasteiger partial charge in [0.1, 0.15) is 0 Å². The number of nitrogens with zero attached hydrogens (tertiary/aromatic N) is 2. The zero-order chi connectivity index (χ0) is 15.2. The van der Waals surface area contributed by atoms with Crippen LogP contribution in [-0.4, -0.2) is 74.2 Å². The fourth-order valence-corrected chi connectivity index (χ4v) is 3.97. The molecular formula is C17H33Cl2N3O2. The summed E-state index contributed by atoms with van der Waals surface area (Å²) in [5.74, 6) is 1.14. The van der Waals surface area contributed by atoms with Crippen molar-refractivity contribution in [1.29, 1.82) is 0 Å². The molecule has 1 unspecified atom stereocenters. The van der Waals surface area contributed by atoms with Crippen LogP contribution in [0.4, 0.5) is 0 Å². The molecule has 142 valence electrons. The molecule has 3 heterocycles. The van der Waals surface area contributed by atoms with E-state index in [0.29, 0.717) is 11.9 Å². The first-order valence-corrected chi connectivity index (χ1v) is 9.12. The molecule has 0 aliphatic carbocycles. The number of piperidine rings is 1. The number of rotatable bonds is 5. The molecule has 7 heteroatoms. The highest BCUT2D eigenvalue weighted by Gasteiger charge is 2.25. The van der Waals surface area contributed by atoms with Crippen molar-refractivity contribution in [2.24, 2.45) is 5.92 Å². The molecule has 3 rings (SSSR count). The van der Waals surface area contributed by atoms with Crippen molar-refractivity contribution < 1.29 is 9.53 Å². The van der Waals surface area contributed by atoms with Crippen LogP contribution in [0, 0.1) is 5.92 Å². The van der Waals surface area contributed by atoms with Crippen LogP contribution < -0.4 is 5.32 Å². The first kappa shape index (κ1) is 22.0. The summed E-state index contributed by atoms with van der Waals surface area (Å²) in [4.78, 5) is 16.9. The molecule has 3 aliphatic rings. The first-order valence-electron chi connectivity index (χ1n) is 9.12. The fraction of sp³-hybridized carbons (Fsp3) is 0.941. The molecule has 3 fully saturated rings. The minimum Gasteiger partial charge on any atom is -0.379 e. The quantitative estimate of drug-likeness (QED) is 0.789. The van der Waals surface area contributed by atoms with Crippen LogP contribution in [0.5, 0.6) is 0 Å². The van der Waals surface area contributed by atoms with E-state index in [-0.39, 0.29) is 24.8 Å². The molecule has 0 radical (unpaired) electrons. The summed E-state index contributed by atoms with van der Waals surface area (Å²) < 4.78 is 5.41. The molecule has 1 N–H and O–H groups in total. The highest BCUT2D eigenvalue weighted by Crippen LogP contribution is 2.20. The van der Waals surface area contributed by atoms with Crippen molar-refractivity contribution in [1.82, 2.24) is 15.1 Å². The van der Waals surface area contributed by atoms with E-state index >= 15 is 0 Å². The summed E-state index contributed by atoms with van der Waals surface area (Å²) in [5.41, 5.74) is 0. The summed E-state index contributed by atoms with van der Waals surface area (Å²) in [5, 5.41) is 3.48. The molecular weight excluding hydrogens is 349 g/mol. The van der Waals surface area contributed by atoms with Crippen molar-refractivity contribution >= 4 is 30.7 Å². The largest absolute Gasteiger partial charge is 0.379 e. The predicted molar refractivity (Wildman–Crippen MR) is 101 cm³/mol. The molecule has 0 aromatic heterocycles. The Morgan fingerprint density at radius 1 is 1.04 bits per heavy atom. The maximum absolute atomic E-state index is 12.3. The van der Waals surface area contributed by atoms with E-state index < -0.39 is 0 Å². The number of hydrogen-bond donors (Lipinski definition) is 1. The summed E-state index contributed by atoms with van der Waals surface area (Å²) >= 11 is 0. The minimum absolute atomic E-state index is 0. The maximum Gasteiger partial charge on any atom is 0.222 e. The summed E-state index contributed by atoms with van der Waals surface area (Å²) in [7, 11) is 0. The third kappa shape index (κ3) is 6.68. The Balaban J connectivity index is 0.00000144. The summed E-state index contributed by atoms with van der Waals surface area (Å²) in [6, 6.07) is 0.586. The lowest BCUT2D eigenvalue weighted by atomic mass is 9.95. The normalized spacial score (nSPS) is 25.8. The van der Waals surface area contributed by atoms with Gasteiger partial charge in [-0.1, -0.05) is 0 Å². The number of carbonyl (C=O) groups excluding carboxylic acids is 1. The van der Waals surface area contributed by atoms with Crippen molar-refractivity contribution in [2.45, 2.75) is 44.6 Å². The lowest BCUT2D eigenvalue weighted by Gasteiger charge is -2.36. The van der Waals surface area contributed by atoms with Crippen molar-refractivity contribution in [2.75, 3.05) is 52.5 Å². The van der Waals surface area contributed by atoms with Crippen molar-refractivity contribution in [3.8, 4) is 0 Å². The lowest BCUT2D eigenvalue weighted by molar-refractivity contribution is -0.132. The smallest absolute Gasteiger partial charge is 0.222 e. The summed E-state index contributed by atoms with van der Waals surface area (Å²) in [6.07, 6.45) is 6.61. The molecule has 0 spiro atoms. The Kier molecular flexibility index (Phi) is 10.6. The van der Waals surface area contributed by atoms with Gasteiger partial charge in [0.2, 0.25) is 5.91 Å². The molecule has 3 aliphatic heterocycles. The number of nitrogens with one attached hydrogen (secondary N) is 1. The van der Waals surface area contributed by atoms with Gasteiger partial charge in [0.25, 0.3) is 0 Å². The van der Waals surface area contributed by atoms with Crippen LogP contribution in [0.25, 0.3) is 0 Å². The Morgan fingerprint density at radius 3 is 2.38 bits per heavy atom. The average Bonchev–Trinajstić information content (AvgIpc) is 3.08. The highest BCUT2D eigenvalue weighted by atomic mass is 35.5. The molecule has 1 atom stereocenters. The minimum atomic E-state index is 0. The van der Waals surface area contributed by atoms with Gasteiger partial charge < -0.3 is 15.0 Å². The SMILES string of the molecule is Cl.Cl.O=C(CCC1CCCN1)N1CCC(CN2CCOCC2)CC1. The molecule has 1 amide bonds. The van der Waals surface area contributed by atoms with Gasteiger partial charge >= 0.3 is 0 Å². The number of amides is 1. The molecule has 3 saturated heterocycles. The van der Waals surface area contributed by atoms with Gasteiger partial charge in [0, 0.05) is 45.2 Å². The van der Waals surface area contributed by atoms with Gasteiger partial charge in [-0.25, -0.2) is 0 Å². The lowest BCUT2D eigenvalue weighted by Crippen LogP contribution is -2.44. The van der Waals surface area contributed by atoms with Crippen molar-refractivity contribution in [3.05, 3.63) is 0 Å². The number of halogens is 2. The molecule has 0 aromatic rings. The van der Waals surface area contributed by atoms with Gasteiger partial charge in [-0.15, -0.1) is 24.8 Å². The number of likely N-dealkylation sites (tertiary alicyclic amines) is 1. The monoisotopic (exact) mass is 381 g/mol. The zero-order valence-electron chi connectivity index (χ0n) is 14.6. The molecule has 0 saturated carbocycles. The molecule has 0 bridgehead atoms. The predicted octanol–water partition coefficient (Wildman–Crippen LogP) is 1.93. The van der Waals surface area contributed by atoms with E-state index in [0.717, 1.165) is 64.7 Å². The topological polar surface area (TPSA) is 44.8 Å². The van der Waals surface area contributed by atoms with Gasteiger partial charge in [-0.2, -0.15) is 0 Å². The van der Waals surface area contributed by atoms with Gasteiger partial charge in [0.15, 0.2) is 0 Å². The maximum atomic E-state index is 12.3. The second kappa shape index (κ2) is 11.5. The molecule has 0 aromatic carbocycles. The van der Waals surface area contributed by atoms with E-state index in [1.165, 1.54) is 32.2 Å². The summed E-state index contributed by atoms with van der Waals surface area (Å²) in [6.45, 7) is 8.17. The van der Waals surface area contributed by atoms with Crippen molar-refractivity contribution in [3.63, 3.8) is 0 Å². The standard InChI is InChI=1S/C17H31N3O2.2ClH/c21-17(4-3-16-2-1-7-18-16)20-8-5-15(6-9-20)14-19-10-12-22-13-11-19;;/h15-16,18H,1-14H2;2*1H. The number of morpholine rings is 1. The Bertz CT molecular complexity index is 354. The van der Waals surface area contributed by atoms with Gasteiger partial charge in [-0.3, -0.25) is 9.69 Å². The van der Waals surface area contributed by atoms with E-state index in [1.54, 1.807) is 0 Å². The third-order valence-electron chi connectivity index (χ3n) is 5.46. The Labute approximate surface area is 158 Å².